The first-order chi connectivity index (χ1) is 7.59. The lowest BCUT2D eigenvalue weighted by molar-refractivity contribution is -0.142. The fraction of sp³-hybridized carbons (Fsp3) is 0.500. The van der Waals surface area contributed by atoms with Crippen molar-refractivity contribution in [3.8, 4) is 5.75 Å². The van der Waals surface area contributed by atoms with Gasteiger partial charge < -0.3 is 10.5 Å². The minimum absolute atomic E-state index is 0.0284. The molecule has 0 aliphatic carbocycles. The summed E-state index contributed by atoms with van der Waals surface area (Å²) >= 11 is 2.89. The molecule has 0 aliphatic heterocycles. The first kappa shape index (κ1) is 14.2. The Hall–Kier alpha value is -0.820. The number of halogens is 4. The monoisotopic (exact) mass is 312 g/mol. The molecule has 0 fully saturated rings. The van der Waals surface area contributed by atoms with Crippen LogP contribution in [0.25, 0.3) is 0 Å². The Morgan fingerprint density at radius 1 is 1.35 bits per heavy atom. The van der Waals surface area contributed by atoms with Crippen LogP contribution in [0.2, 0.25) is 0 Å². The van der Waals surface area contributed by atoms with Crippen molar-refractivity contribution in [3.63, 3.8) is 0 Å². The molecule has 7 heteroatoms. The van der Waals surface area contributed by atoms with Crippen LogP contribution >= 0.6 is 15.9 Å². The van der Waals surface area contributed by atoms with Gasteiger partial charge in [-0.1, -0.05) is 0 Å². The van der Waals surface area contributed by atoms with Gasteiger partial charge in [0.1, 0.15) is 17.0 Å². The highest BCUT2D eigenvalue weighted by Crippen LogP contribution is 2.35. The maximum Gasteiger partial charge on any atom is 0.437 e. The number of hydrogen-bond acceptors (Lipinski definition) is 3. The Balaban J connectivity index is 2.99. The molecule has 0 saturated heterocycles. The van der Waals surface area contributed by atoms with Gasteiger partial charge in [-0.15, -0.1) is 0 Å². The molecule has 0 bridgehead atoms. The molecular formula is C10H12BrF3N2O. The largest absolute Gasteiger partial charge is 0.489 e. The Labute approximate surface area is 105 Å². The third kappa shape index (κ3) is 4.51. The zero-order chi connectivity index (χ0) is 13.3. The molecule has 3 nitrogen and oxygen atoms in total. The van der Waals surface area contributed by atoms with Crippen molar-refractivity contribution in [2.45, 2.75) is 25.6 Å². The van der Waals surface area contributed by atoms with Gasteiger partial charge in [0.15, 0.2) is 5.69 Å². The third-order valence-electron chi connectivity index (χ3n) is 1.69. The van der Waals surface area contributed by atoms with Gasteiger partial charge in [-0.25, -0.2) is 4.98 Å². The Morgan fingerprint density at radius 2 is 1.94 bits per heavy atom. The number of ether oxygens (including phenoxy) is 1. The first-order valence-corrected chi connectivity index (χ1v) is 5.54. The Bertz CT molecular complexity index is 402. The zero-order valence-corrected chi connectivity index (χ0v) is 10.9. The molecule has 17 heavy (non-hydrogen) atoms. The molecule has 0 saturated carbocycles. The number of alkyl halides is 3. The van der Waals surface area contributed by atoms with Crippen molar-refractivity contribution >= 4 is 15.9 Å². The van der Waals surface area contributed by atoms with Gasteiger partial charge >= 0.3 is 6.18 Å². The van der Waals surface area contributed by atoms with E-state index in [9.17, 15) is 13.2 Å². The van der Waals surface area contributed by atoms with Gasteiger partial charge in [0.05, 0.1) is 0 Å². The van der Waals surface area contributed by atoms with Crippen molar-refractivity contribution < 1.29 is 17.9 Å². The van der Waals surface area contributed by atoms with Crippen LogP contribution in [0.15, 0.2) is 16.7 Å². The SMILES string of the molecule is CC(C)(N)COc1ccc(Br)nc1C(F)(F)F. The van der Waals surface area contributed by atoms with Crippen LogP contribution in [0, 0.1) is 0 Å². The summed E-state index contributed by atoms with van der Waals surface area (Å²) in [5.41, 5.74) is 3.86. The summed E-state index contributed by atoms with van der Waals surface area (Å²) in [4.78, 5) is 3.37. The summed E-state index contributed by atoms with van der Waals surface area (Å²) in [7, 11) is 0. The molecular weight excluding hydrogens is 301 g/mol. The molecule has 0 unspecified atom stereocenters. The normalized spacial score (nSPS) is 12.6. The van der Waals surface area contributed by atoms with E-state index in [0.717, 1.165) is 0 Å². The average Bonchev–Trinajstić information content (AvgIpc) is 2.13. The lowest BCUT2D eigenvalue weighted by atomic mass is 10.1. The number of nitrogens with zero attached hydrogens (tertiary/aromatic N) is 1. The fourth-order valence-corrected chi connectivity index (χ4v) is 1.32. The highest BCUT2D eigenvalue weighted by molar-refractivity contribution is 9.10. The summed E-state index contributed by atoms with van der Waals surface area (Å²) < 4.78 is 43.1. The number of aromatic nitrogens is 1. The van der Waals surface area contributed by atoms with Crippen molar-refractivity contribution in [3.05, 3.63) is 22.4 Å². The second kappa shape index (κ2) is 4.81. The third-order valence-corrected chi connectivity index (χ3v) is 2.13. The van der Waals surface area contributed by atoms with Crippen molar-refractivity contribution in [2.75, 3.05) is 6.61 Å². The van der Waals surface area contributed by atoms with E-state index >= 15 is 0 Å². The highest BCUT2D eigenvalue weighted by Gasteiger charge is 2.37. The molecule has 1 rings (SSSR count). The molecule has 0 aromatic carbocycles. The predicted molar refractivity (Wildman–Crippen MR) is 60.7 cm³/mol. The van der Waals surface area contributed by atoms with Crippen LogP contribution in [0.3, 0.4) is 0 Å². The van der Waals surface area contributed by atoms with Crippen LogP contribution in [0.1, 0.15) is 19.5 Å². The van der Waals surface area contributed by atoms with Crippen LogP contribution in [0.4, 0.5) is 13.2 Å². The molecule has 1 heterocycles. The van der Waals surface area contributed by atoms with Gasteiger partial charge in [0.25, 0.3) is 0 Å². The van der Waals surface area contributed by atoms with E-state index in [1.807, 2.05) is 0 Å². The van der Waals surface area contributed by atoms with E-state index in [0.29, 0.717) is 0 Å². The maximum atomic E-state index is 12.7. The standard InChI is InChI=1S/C10H12BrF3N2O/c1-9(2,15)5-17-6-3-4-7(11)16-8(6)10(12,13)14/h3-4H,5,15H2,1-2H3. The van der Waals surface area contributed by atoms with E-state index in [1.165, 1.54) is 12.1 Å². The van der Waals surface area contributed by atoms with Gasteiger partial charge in [0, 0.05) is 5.54 Å². The number of nitrogens with two attached hydrogens (primary N) is 1. The van der Waals surface area contributed by atoms with E-state index in [1.54, 1.807) is 13.8 Å². The smallest absolute Gasteiger partial charge is 0.437 e. The van der Waals surface area contributed by atoms with Crippen molar-refractivity contribution in [1.29, 1.82) is 0 Å². The minimum Gasteiger partial charge on any atom is -0.489 e. The summed E-state index contributed by atoms with van der Waals surface area (Å²) in [6, 6.07) is 2.60. The summed E-state index contributed by atoms with van der Waals surface area (Å²) in [6.07, 6.45) is -4.56. The lowest BCUT2D eigenvalue weighted by Crippen LogP contribution is -2.39. The number of pyridine rings is 1. The molecule has 1 aromatic heterocycles. The molecule has 96 valence electrons. The van der Waals surface area contributed by atoms with E-state index in [-0.39, 0.29) is 17.0 Å². The van der Waals surface area contributed by atoms with Crippen molar-refractivity contribution in [2.24, 2.45) is 5.73 Å². The first-order valence-electron chi connectivity index (χ1n) is 4.75. The second-order valence-electron chi connectivity index (χ2n) is 4.26. The molecule has 0 radical (unpaired) electrons. The fourth-order valence-electron chi connectivity index (χ4n) is 1.01. The number of rotatable bonds is 3. The molecule has 1 aromatic rings. The Morgan fingerprint density at radius 3 is 2.41 bits per heavy atom. The van der Waals surface area contributed by atoms with Gasteiger partial charge in [-0.3, -0.25) is 0 Å². The van der Waals surface area contributed by atoms with Crippen LogP contribution in [-0.4, -0.2) is 17.1 Å². The summed E-state index contributed by atoms with van der Waals surface area (Å²) in [6.45, 7) is 3.29. The van der Waals surface area contributed by atoms with Gasteiger partial charge in [-0.05, 0) is 41.9 Å². The van der Waals surface area contributed by atoms with Crippen LogP contribution in [0.5, 0.6) is 5.75 Å². The van der Waals surface area contributed by atoms with E-state index < -0.39 is 17.4 Å². The molecule has 0 atom stereocenters. The van der Waals surface area contributed by atoms with Crippen LogP contribution in [-0.2, 0) is 6.18 Å². The van der Waals surface area contributed by atoms with Gasteiger partial charge in [0.2, 0.25) is 0 Å². The average molecular weight is 313 g/mol. The van der Waals surface area contributed by atoms with Gasteiger partial charge in [-0.2, -0.15) is 13.2 Å². The summed E-state index contributed by atoms with van der Waals surface area (Å²) in [5.74, 6) is -0.320. The minimum atomic E-state index is -4.56. The van der Waals surface area contributed by atoms with E-state index in [2.05, 4.69) is 20.9 Å². The van der Waals surface area contributed by atoms with Crippen LogP contribution < -0.4 is 10.5 Å². The Kier molecular flexibility index (Phi) is 4.03. The molecule has 0 amide bonds. The topological polar surface area (TPSA) is 48.1 Å². The lowest BCUT2D eigenvalue weighted by Gasteiger charge is -2.20. The highest BCUT2D eigenvalue weighted by atomic mass is 79.9. The molecule has 0 spiro atoms. The second-order valence-corrected chi connectivity index (χ2v) is 5.07. The van der Waals surface area contributed by atoms with E-state index in [4.69, 9.17) is 10.5 Å². The molecule has 0 aliphatic rings. The maximum absolute atomic E-state index is 12.7. The summed E-state index contributed by atoms with van der Waals surface area (Å²) in [5, 5.41) is 0. The zero-order valence-electron chi connectivity index (χ0n) is 9.31. The van der Waals surface area contributed by atoms with Crippen molar-refractivity contribution in [1.82, 2.24) is 4.98 Å². The number of hydrogen-bond donors (Lipinski definition) is 1. The predicted octanol–water partition coefficient (Wildman–Crippen LogP) is 2.98. The quantitative estimate of drug-likeness (QED) is 0.873. The molecule has 2 N–H and O–H groups in total.